The molecular formula is C25H24F4N4O3S. The summed E-state index contributed by atoms with van der Waals surface area (Å²) in [6.45, 7) is 0.208. The van der Waals surface area contributed by atoms with E-state index in [1.54, 1.807) is 19.2 Å². The third-order valence-electron chi connectivity index (χ3n) is 6.04. The number of benzene rings is 2. The van der Waals surface area contributed by atoms with Gasteiger partial charge in [-0.2, -0.15) is 17.5 Å². The smallest absolute Gasteiger partial charge is 0.373 e. The molecular weight excluding hydrogens is 512 g/mol. The minimum atomic E-state index is -4.45. The Kier molecular flexibility index (Phi) is 7.51. The minimum absolute atomic E-state index is 0.0462. The van der Waals surface area contributed by atoms with Crippen molar-refractivity contribution in [2.75, 3.05) is 18.9 Å². The predicted octanol–water partition coefficient (Wildman–Crippen LogP) is 4.42. The van der Waals surface area contributed by atoms with Gasteiger partial charge in [0.15, 0.2) is 0 Å². The first-order valence-electron chi connectivity index (χ1n) is 11.4. The average molecular weight is 537 g/mol. The van der Waals surface area contributed by atoms with E-state index in [4.69, 9.17) is 0 Å². The van der Waals surface area contributed by atoms with Crippen LogP contribution >= 0.6 is 0 Å². The fraction of sp³-hybridized carbons (Fsp3) is 0.280. The van der Waals surface area contributed by atoms with Crippen molar-refractivity contribution in [1.29, 1.82) is 0 Å². The molecule has 0 radical (unpaired) electrons. The molecule has 1 atom stereocenters. The number of pyridine rings is 1. The molecule has 7 nitrogen and oxygen atoms in total. The summed E-state index contributed by atoms with van der Waals surface area (Å²) < 4.78 is 79.2. The highest BCUT2D eigenvalue weighted by atomic mass is 32.2. The molecule has 1 aromatic heterocycles. The zero-order valence-corrected chi connectivity index (χ0v) is 20.5. The summed E-state index contributed by atoms with van der Waals surface area (Å²) in [4.78, 5) is 17.3. The van der Waals surface area contributed by atoms with Gasteiger partial charge in [-0.25, -0.2) is 17.8 Å². The van der Waals surface area contributed by atoms with Crippen LogP contribution in [-0.4, -0.2) is 43.2 Å². The van der Waals surface area contributed by atoms with Crippen molar-refractivity contribution < 1.29 is 30.8 Å². The van der Waals surface area contributed by atoms with Gasteiger partial charge in [0, 0.05) is 25.7 Å². The Bertz CT molecular complexity index is 1380. The van der Waals surface area contributed by atoms with Crippen molar-refractivity contribution in [3.8, 4) is 11.3 Å². The summed E-state index contributed by atoms with van der Waals surface area (Å²) in [5.74, 6) is -0.603. The third kappa shape index (κ3) is 5.91. The van der Waals surface area contributed by atoms with Gasteiger partial charge in [0.05, 0.1) is 16.2 Å². The number of anilines is 1. The molecule has 1 fully saturated rings. The standard InChI is InChI=1S/C25H24F4N4O3S/c1-30-23-14-16(13-21(32-23)17-4-6-18(7-5-17)25(27,28)29)15-31-24(34)22-3-2-12-33(22)37(35,36)20-10-8-19(26)9-11-20/h4-11,13-14,22H,2-3,12,15H2,1H3,(H,30,32)(H,31,34)/t22-/m0/s1. The Morgan fingerprint density at radius 3 is 2.38 bits per heavy atom. The van der Waals surface area contributed by atoms with Gasteiger partial charge < -0.3 is 10.6 Å². The lowest BCUT2D eigenvalue weighted by Gasteiger charge is -2.23. The van der Waals surface area contributed by atoms with Crippen molar-refractivity contribution in [3.63, 3.8) is 0 Å². The Balaban J connectivity index is 1.50. The summed E-state index contributed by atoms with van der Waals surface area (Å²) in [6.07, 6.45) is -3.62. The van der Waals surface area contributed by atoms with Gasteiger partial charge in [-0.1, -0.05) is 12.1 Å². The lowest BCUT2D eigenvalue weighted by atomic mass is 10.1. The van der Waals surface area contributed by atoms with Gasteiger partial charge in [-0.15, -0.1) is 0 Å². The normalized spacial score (nSPS) is 16.5. The molecule has 1 amide bonds. The van der Waals surface area contributed by atoms with Crippen LogP contribution in [0.25, 0.3) is 11.3 Å². The number of nitrogens with zero attached hydrogens (tertiary/aromatic N) is 2. The van der Waals surface area contributed by atoms with E-state index in [0.717, 1.165) is 40.7 Å². The predicted molar refractivity (Wildman–Crippen MR) is 129 cm³/mol. The summed E-state index contributed by atoms with van der Waals surface area (Å²) >= 11 is 0. The lowest BCUT2D eigenvalue weighted by Crippen LogP contribution is -2.45. The molecule has 196 valence electrons. The first-order chi connectivity index (χ1) is 17.5. The van der Waals surface area contributed by atoms with Crippen LogP contribution in [-0.2, 0) is 27.5 Å². The van der Waals surface area contributed by atoms with Crippen molar-refractivity contribution in [1.82, 2.24) is 14.6 Å². The maximum absolute atomic E-state index is 13.2. The first kappa shape index (κ1) is 26.6. The third-order valence-corrected chi connectivity index (χ3v) is 7.96. The first-order valence-corrected chi connectivity index (χ1v) is 12.8. The number of hydrogen-bond acceptors (Lipinski definition) is 5. The van der Waals surface area contributed by atoms with E-state index in [1.807, 2.05) is 0 Å². The molecule has 1 saturated heterocycles. The van der Waals surface area contributed by atoms with Gasteiger partial charge >= 0.3 is 6.18 Å². The number of hydrogen-bond donors (Lipinski definition) is 2. The number of carbonyl (C=O) groups is 1. The molecule has 1 aliphatic rings. The molecule has 0 saturated carbocycles. The number of amides is 1. The van der Waals surface area contributed by atoms with Gasteiger partial charge in [0.2, 0.25) is 15.9 Å². The molecule has 1 aliphatic heterocycles. The average Bonchev–Trinajstić information content (AvgIpc) is 3.38. The van der Waals surface area contributed by atoms with E-state index in [-0.39, 0.29) is 18.0 Å². The van der Waals surface area contributed by atoms with E-state index < -0.39 is 39.5 Å². The number of aromatic nitrogens is 1. The molecule has 4 rings (SSSR count). The Hall–Kier alpha value is -3.51. The molecule has 0 bridgehead atoms. The zero-order valence-electron chi connectivity index (χ0n) is 19.7. The van der Waals surface area contributed by atoms with Crippen LogP contribution in [0.4, 0.5) is 23.4 Å². The van der Waals surface area contributed by atoms with Gasteiger partial charge in [0.25, 0.3) is 0 Å². The molecule has 2 N–H and O–H groups in total. The number of rotatable bonds is 7. The summed E-state index contributed by atoms with van der Waals surface area (Å²) in [7, 11) is -2.36. The highest BCUT2D eigenvalue weighted by Gasteiger charge is 2.39. The zero-order chi connectivity index (χ0) is 26.8. The van der Waals surface area contributed by atoms with E-state index in [9.17, 15) is 30.8 Å². The largest absolute Gasteiger partial charge is 0.416 e. The monoisotopic (exact) mass is 536 g/mol. The minimum Gasteiger partial charge on any atom is -0.373 e. The highest BCUT2D eigenvalue weighted by Crippen LogP contribution is 2.31. The number of nitrogens with one attached hydrogen (secondary N) is 2. The van der Waals surface area contributed by atoms with Crippen molar-refractivity contribution >= 4 is 21.7 Å². The molecule has 0 unspecified atom stereocenters. The molecule has 12 heteroatoms. The number of alkyl halides is 3. The second-order valence-corrected chi connectivity index (χ2v) is 10.4. The highest BCUT2D eigenvalue weighted by molar-refractivity contribution is 7.89. The summed E-state index contributed by atoms with van der Waals surface area (Å²) in [5.41, 5.74) is 0.718. The van der Waals surface area contributed by atoms with Crippen molar-refractivity contribution in [2.24, 2.45) is 0 Å². The second-order valence-electron chi connectivity index (χ2n) is 8.52. The van der Waals surface area contributed by atoms with E-state index >= 15 is 0 Å². The molecule has 0 aliphatic carbocycles. The molecule has 2 aromatic carbocycles. The summed E-state index contributed by atoms with van der Waals surface area (Å²) in [6, 6.07) is 11.4. The quantitative estimate of drug-likeness (QED) is 0.437. The maximum Gasteiger partial charge on any atom is 0.416 e. The van der Waals surface area contributed by atoms with Crippen molar-refractivity contribution in [3.05, 3.63) is 77.6 Å². The molecule has 37 heavy (non-hydrogen) atoms. The Morgan fingerprint density at radius 1 is 1.08 bits per heavy atom. The van der Waals surface area contributed by atoms with Crippen LogP contribution in [0, 0.1) is 5.82 Å². The van der Waals surface area contributed by atoms with E-state index in [1.165, 1.54) is 12.1 Å². The maximum atomic E-state index is 13.2. The van der Waals surface area contributed by atoms with Crippen LogP contribution in [0.5, 0.6) is 0 Å². The van der Waals surface area contributed by atoms with Gasteiger partial charge in [0.1, 0.15) is 17.7 Å². The topological polar surface area (TPSA) is 91.4 Å². The van der Waals surface area contributed by atoms with Crippen LogP contribution in [0.3, 0.4) is 0 Å². The Labute approximate surface area is 211 Å². The van der Waals surface area contributed by atoms with Crippen LogP contribution in [0.1, 0.15) is 24.0 Å². The molecule has 2 heterocycles. The van der Waals surface area contributed by atoms with Crippen molar-refractivity contribution in [2.45, 2.75) is 36.5 Å². The van der Waals surface area contributed by atoms with Gasteiger partial charge in [-0.3, -0.25) is 4.79 Å². The Morgan fingerprint density at radius 2 is 1.76 bits per heavy atom. The van der Waals surface area contributed by atoms with Crippen LogP contribution in [0.15, 0.2) is 65.6 Å². The van der Waals surface area contributed by atoms with E-state index in [2.05, 4.69) is 15.6 Å². The number of halogens is 4. The lowest BCUT2D eigenvalue weighted by molar-refractivity contribution is -0.137. The number of carbonyl (C=O) groups excluding carboxylic acids is 1. The SMILES string of the molecule is CNc1cc(CNC(=O)[C@@H]2CCCN2S(=O)(=O)c2ccc(F)cc2)cc(-c2ccc(C(F)(F)F)cc2)n1. The molecule has 0 spiro atoms. The van der Waals surface area contributed by atoms with Crippen LogP contribution in [0.2, 0.25) is 0 Å². The summed E-state index contributed by atoms with van der Waals surface area (Å²) in [5, 5.41) is 5.64. The van der Waals surface area contributed by atoms with E-state index in [0.29, 0.717) is 35.5 Å². The number of sulfonamides is 1. The second kappa shape index (κ2) is 10.5. The molecule has 3 aromatic rings. The fourth-order valence-corrected chi connectivity index (χ4v) is 5.79. The van der Waals surface area contributed by atoms with Gasteiger partial charge in [-0.05, 0) is 66.9 Å². The van der Waals surface area contributed by atoms with Crippen LogP contribution < -0.4 is 10.6 Å². The fourth-order valence-electron chi connectivity index (χ4n) is 4.13.